The van der Waals surface area contributed by atoms with E-state index < -0.39 is 0 Å². The summed E-state index contributed by atoms with van der Waals surface area (Å²) in [4.78, 5) is 4.68. The van der Waals surface area contributed by atoms with Gasteiger partial charge in [-0.3, -0.25) is 0 Å². The maximum Gasteiger partial charge on any atom is 0.125 e. The highest BCUT2D eigenvalue weighted by molar-refractivity contribution is 7.09. The van der Waals surface area contributed by atoms with Gasteiger partial charge in [-0.05, 0) is 31.1 Å². The quantitative estimate of drug-likeness (QED) is 0.834. The molecule has 0 spiro atoms. The summed E-state index contributed by atoms with van der Waals surface area (Å²) in [6, 6.07) is 0. The molecule has 0 amide bonds. The molecule has 0 atom stereocenters. The predicted octanol–water partition coefficient (Wildman–Crippen LogP) is 3.73. The van der Waals surface area contributed by atoms with E-state index in [1.807, 2.05) is 7.11 Å². The molecular formula is C14H23NO2S. The number of ether oxygens (including phenoxy) is 2. The first kappa shape index (κ1) is 14.0. The van der Waals surface area contributed by atoms with Crippen molar-refractivity contribution in [2.45, 2.75) is 51.7 Å². The standard InChI is InChI=1S/C14H23NO2S/c1-13(2)5-7-14(17-4,8-6-13)12-15-11(9-16-3)10-18-12/h10H,5-9H2,1-4H3. The molecule has 1 aliphatic rings. The second-order valence-corrected chi connectivity index (χ2v) is 6.80. The Morgan fingerprint density at radius 3 is 2.44 bits per heavy atom. The molecule has 0 aliphatic heterocycles. The Labute approximate surface area is 114 Å². The fourth-order valence-electron chi connectivity index (χ4n) is 2.57. The Bertz CT molecular complexity index is 390. The molecule has 0 N–H and O–H groups in total. The number of thiazole rings is 1. The van der Waals surface area contributed by atoms with Crippen LogP contribution < -0.4 is 0 Å². The van der Waals surface area contributed by atoms with E-state index in [0.29, 0.717) is 12.0 Å². The second-order valence-electron chi connectivity index (χ2n) is 5.94. The predicted molar refractivity (Wildman–Crippen MR) is 73.8 cm³/mol. The first-order valence-electron chi connectivity index (χ1n) is 6.50. The summed E-state index contributed by atoms with van der Waals surface area (Å²) < 4.78 is 11.0. The van der Waals surface area contributed by atoms with Crippen molar-refractivity contribution in [1.29, 1.82) is 0 Å². The fraction of sp³-hybridized carbons (Fsp3) is 0.786. The summed E-state index contributed by atoms with van der Waals surface area (Å²) in [5.74, 6) is 0. The molecule has 1 aromatic heterocycles. The molecule has 1 aliphatic carbocycles. The Morgan fingerprint density at radius 2 is 1.89 bits per heavy atom. The summed E-state index contributed by atoms with van der Waals surface area (Å²) in [6.07, 6.45) is 4.52. The third-order valence-electron chi connectivity index (χ3n) is 4.04. The maximum atomic E-state index is 5.86. The van der Waals surface area contributed by atoms with Gasteiger partial charge in [-0.1, -0.05) is 13.8 Å². The molecular weight excluding hydrogens is 246 g/mol. The smallest absolute Gasteiger partial charge is 0.125 e. The summed E-state index contributed by atoms with van der Waals surface area (Å²) in [5.41, 5.74) is 1.29. The van der Waals surface area contributed by atoms with Gasteiger partial charge in [0.05, 0.1) is 12.3 Å². The summed E-state index contributed by atoms with van der Waals surface area (Å²) in [7, 11) is 3.52. The van der Waals surface area contributed by atoms with Crippen molar-refractivity contribution in [1.82, 2.24) is 4.98 Å². The lowest BCUT2D eigenvalue weighted by Crippen LogP contribution is -2.36. The van der Waals surface area contributed by atoms with Crippen LogP contribution in [0, 0.1) is 5.41 Å². The molecule has 1 saturated carbocycles. The third kappa shape index (κ3) is 2.76. The average Bonchev–Trinajstić information content (AvgIpc) is 2.80. The summed E-state index contributed by atoms with van der Waals surface area (Å²) >= 11 is 1.70. The number of aromatic nitrogens is 1. The molecule has 0 unspecified atom stereocenters. The minimum absolute atomic E-state index is 0.161. The Kier molecular flexibility index (Phi) is 4.09. The van der Waals surface area contributed by atoms with Gasteiger partial charge in [0.1, 0.15) is 10.6 Å². The normalized spacial score (nSPS) is 22.0. The van der Waals surface area contributed by atoms with Gasteiger partial charge in [0.25, 0.3) is 0 Å². The molecule has 2 rings (SSSR count). The van der Waals surface area contributed by atoms with Crippen LogP contribution in [0.3, 0.4) is 0 Å². The van der Waals surface area contributed by atoms with Crippen LogP contribution in [0.15, 0.2) is 5.38 Å². The topological polar surface area (TPSA) is 31.4 Å². The first-order chi connectivity index (χ1) is 8.51. The number of nitrogens with zero attached hydrogens (tertiary/aromatic N) is 1. The van der Waals surface area contributed by atoms with Gasteiger partial charge < -0.3 is 9.47 Å². The van der Waals surface area contributed by atoms with Gasteiger partial charge in [-0.15, -0.1) is 11.3 Å². The van der Waals surface area contributed by atoms with E-state index in [2.05, 4.69) is 24.2 Å². The number of hydrogen-bond acceptors (Lipinski definition) is 4. The third-order valence-corrected chi connectivity index (χ3v) is 5.11. The van der Waals surface area contributed by atoms with Crippen LogP contribution in [0.2, 0.25) is 0 Å². The van der Waals surface area contributed by atoms with Crippen LogP contribution in [-0.2, 0) is 21.7 Å². The van der Waals surface area contributed by atoms with E-state index in [1.165, 1.54) is 12.8 Å². The zero-order valence-electron chi connectivity index (χ0n) is 11.8. The van der Waals surface area contributed by atoms with E-state index >= 15 is 0 Å². The van der Waals surface area contributed by atoms with E-state index in [-0.39, 0.29) is 5.60 Å². The number of hydrogen-bond donors (Lipinski definition) is 0. The van der Waals surface area contributed by atoms with Crippen LogP contribution in [0.5, 0.6) is 0 Å². The average molecular weight is 269 g/mol. The van der Waals surface area contributed by atoms with Gasteiger partial charge >= 0.3 is 0 Å². The lowest BCUT2D eigenvalue weighted by atomic mass is 9.71. The number of methoxy groups -OCH3 is 2. The largest absolute Gasteiger partial charge is 0.378 e. The Balaban J connectivity index is 2.17. The molecule has 0 radical (unpaired) electrons. The SMILES string of the molecule is COCc1csc(C2(OC)CCC(C)(C)CC2)n1. The highest BCUT2D eigenvalue weighted by Crippen LogP contribution is 2.47. The molecule has 102 valence electrons. The van der Waals surface area contributed by atoms with Gasteiger partial charge in [0.2, 0.25) is 0 Å². The van der Waals surface area contributed by atoms with Crippen LogP contribution in [-0.4, -0.2) is 19.2 Å². The lowest BCUT2D eigenvalue weighted by molar-refractivity contribution is -0.0669. The highest BCUT2D eigenvalue weighted by atomic mass is 32.1. The molecule has 4 heteroatoms. The van der Waals surface area contributed by atoms with Gasteiger partial charge in [-0.25, -0.2) is 4.98 Å². The van der Waals surface area contributed by atoms with E-state index in [4.69, 9.17) is 9.47 Å². The monoisotopic (exact) mass is 269 g/mol. The van der Waals surface area contributed by atoms with E-state index in [9.17, 15) is 0 Å². The second kappa shape index (κ2) is 5.27. The summed E-state index contributed by atoms with van der Waals surface area (Å²) in [6.45, 7) is 5.26. The van der Waals surface area contributed by atoms with Crippen molar-refractivity contribution in [3.63, 3.8) is 0 Å². The van der Waals surface area contributed by atoms with Crippen LogP contribution in [0.25, 0.3) is 0 Å². The highest BCUT2D eigenvalue weighted by Gasteiger charge is 2.41. The molecule has 3 nitrogen and oxygen atoms in total. The van der Waals surface area contributed by atoms with E-state index in [0.717, 1.165) is 23.5 Å². The van der Waals surface area contributed by atoms with Crippen molar-refractivity contribution in [3.8, 4) is 0 Å². The van der Waals surface area contributed by atoms with Crippen molar-refractivity contribution in [3.05, 3.63) is 16.1 Å². The van der Waals surface area contributed by atoms with Crippen molar-refractivity contribution >= 4 is 11.3 Å². The molecule has 0 aromatic carbocycles. The molecule has 1 fully saturated rings. The van der Waals surface area contributed by atoms with Crippen molar-refractivity contribution < 1.29 is 9.47 Å². The lowest BCUT2D eigenvalue weighted by Gasteiger charge is -2.41. The zero-order chi connectivity index (χ0) is 13.2. The van der Waals surface area contributed by atoms with Gasteiger partial charge in [0, 0.05) is 19.6 Å². The summed E-state index contributed by atoms with van der Waals surface area (Å²) in [5, 5.41) is 3.20. The van der Waals surface area contributed by atoms with Crippen molar-refractivity contribution in [2.75, 3.05) is 14.2 Å². The van der Waals surface area contributed by atoms with Crippen LogP contribution in [0.1, 0.15) is 50.2 Å². The zero-order valence-corrected chi connectivity index (χ0v) is 12.6. The van der Waals surface area contributed by atoms with Crippen LogP contribution in [0.4, 0.5) is 0 Å². The molecule has 0 saturated heterocycles. The minimum Gasteiger partial charge on any atom is -0.378 e. The maximum absolute atomic E-state index is 5.86. The molecule has 1 aromatic rings. The minimum atomic E-state index is -0.161. The van der Waals surface area contributed by atoms with Crippen molar-refractivity contribution in [2.24, 2.45) is 5.41 Å². The van der Waals surface area contributed by atoms with Gasteiger partial charge in [0.15, 0.2) is 0 Å². The molecule has 0 bridgehead atoms. The molecule has 1 heterocycles. The van der Waals surface area contributed by atoms with Crippen LogP contribution >= 0.6 is 11.3 Å². The molecule has 18 heavy (non-hydrogen) atoms. The van der Waals surface area contributed by atoms with E-state index in [1.54, 1.807) is 18.4 Å². The Morgan fingerprint density at radius 1 is 1.22 bits per heavy atom. The number of rotatable bonds is 4. The van der Waals surface area contributed by atoms with Gasteiger partial charge in [-0.2, -0.15) is 0 Å². The first-order valence-corrected chi connectivity index (χ1v) is 7.38. The fourth-order valence-corrected chi connectivity index (χ4v) is 3.61. The Hall–Kier alpha value is -0.450.